The molecule has 1 aromatic rings. The third-order valence-corrected chi connectivity index (χ3v) is 3.62. The summed E-state index contributed by atoms with van der Waals surface area (Å²) in [7, 11) is -0.0107. The second-order valence-corrected chi connectivity index (χ2v) is 5.50. The second kappa shape index (κ2) is 10.7. The summed E-state index contributed by atoms with van der Waals surface area (Å²) < 4.78 is 22.5. The quantitative estimate of drug-likeness (QED) is 0.437. The molecule has 20 heavy (non-hydrogen) atoms. The number of hydrogen-bond acceptors (Lipinski definition) is 3. The van der Waals surface area contributed by atoms with Crippen LogP contribution in [-0.4, -0.2) is 13.2 Å². The third-order valence-electron chi connectivity index (χ3n) is 3.05. The van der Waals surface area contributed by atoms with Gasteiger partial charge in [0.1, 0.15) is 11.5 Å². The first kappa shape index (κ1) is 17.0. The van der Waals surface area contributed by atoms with Crippen molar-refractivity contribution >= 4 is 13.8 Å². The van der Waals surface area contributed by atoms with Gasteiger partial charge in [0.05, 0.1) is 18.5 Å². The van der Waals surface area contributed by atoms with Gasteiger partial charge in [0.2, 0.25) is 0 Å². The molecule has 0 heterocycles. The largest absolute Gasteiger partial charge is 0.493 e. The maximum absolute atomic E-state index is 11.1. The molecule has 0 aliphatic carbocycles. The number of hydrogen-bond donors (Lipinski definition) is 0. The number of benzene rings is 1. The van der Waals surface area contributed by atoms with Gasteiger partial charge >= 0.3 is 0 Å². The molecule has 1 rings (SSSR count). The smallest absolute Gasteiger partial charge is 0.196 e. The lowest BCUT2D eigenvalue weighted by Gasteiger charge is -2.11. The molecule has 0 unspecified atom stereocenters. The molecule has 0 saturated heterocycles. The van der Waals surface area contributed by atoms with Crippen molar-refractivity contribution in [3.05, 3.63) is 18.2 Å². The van der Waals surface area contributed by atoms with Gasteiger partial charge in [-0.15, -0.1) is 0 Å². The van der Waals surface area contributed by atoms with Gasteiger partial charge in [-0.25, -0.2) is 0 Å². The first-order valence-corrected chi connectivity index (χ1v) is 8.36. The Hall–Kier alpha value is -1.08. The van der Waals surface area contributed by atoms with Gasteiger partial charge in [-0.1, -0.05) is 39.5 Å². The Morgan fingerprint density at radius 1 is 0.950 bits per heavy atom. The lowest BCUT2D eigenvalue weighted by atomic mass is 10.2. The summed E-state index contributed by atoms with van der Waals surface area (Å²) in [4.78, 5) is 0. The van der Waals surface area contributed by atoms with E-state index in [1.807, 2.05) is 12.1 Å². The molecule has 0 fully saturated rings. The Morgan fingerprint density at radius 2 is 1.60 bits per heavy atom. The van der Waals surface area contributed by atoms with E-state index in [0.717, 1.165) is 38.0 Å². The first-order valence-electron chi connectivity index (χ1n) is 7.54. The minimum Gasteiger partial charge on any atom is -0.493 e. The van der Waals surface area contributed by atoms with Crippen molar-refractivity contribution in [2.24, 2.45) is 0 Å². The summed E-state index contributed by atoms with van der Waals surface area (Å²) in [6, 6.07) is 5.50. The van der Waals surface area contributed by atoms with E-state index >= 15 is 0 Å². The van der Waals surface area contributed by atoms with Gasteiger partial charge < -0.3 is 9.47 Å². The van der Waals surface area contributed by atoms with E-state index in [-0.39, 0.29) is 8.46 Å². The molecule has 0 spiro atoms. The van der Waals surface area contributed by atoms with Crippen molar-refractivity contribution in [1.29, 1.82) is 0 Å². The summed E-state index contributed by atoms with van der Waals surface area (Å²) in [6.07, 6.45) is 6.76. The topological polar surface area (TPSA) is 35.5 Å². The van der Waals surface area contributed by atoms with Gasteiger partial charge in [-0.05, 0) is 25.0 Å². The zero-order chi connectivity index (χ0) is 14.6. The molecule has 0 atom stereocenters. The summed E-state index contributed by atoms with van der Waals surface area (Å²) in [5, 5.41) is 0.683. The van der Waals surface area contributed by atoms with E-state index in [1.165, 1.54) is 12.8 Å². The lowest BCUT2D eigenvalue weighted by molar-refractivity contribution is 0.293. The zero-order valence-corrected chi connectivity index (χ0v) is 13.5. The molecule has 0 aromatic heterocycles. The van der Waals surface area contributed by atoms with Crippen LogP contribution in [0.4, 0.5) is 0 Å². The predicted octanol–water partition coefficient (Wildman–Crippen LogP) is 4.74. The Labute approximate surface area is 123 Å². The standard InChI is InChI=1S/C16H25O3P/c1-3-5-7-11-18-14-9-10-16(20-17)15(13-14)19-12-8-6-4-2/h9-10,13H,3-8,11-12H2,1-2H3. The Morgan fingerprint density at radius 3 is 2.20 bits per heavy atom. The number of rotatable bonds is 11. The highest BCUT2D eigenvalue weighted by molar-refractivity contribution is 7.34. The van der Waals surface area contributed by atoms with Gasteiger partial charge in [0.15, 0.2) is 8.46 Å². The highest BCUT2D eigenvalue weighted by atomic mass is 31.1. The molecule has 0 aliphatic rings. The monoisotopic (exact) mass is 296 g/mol. The fraction of sp³-hybridized carbons (Fsp3) is 0.625. The molecule has 0 radical (unpaired) electrons. The van der Waals surface area contributed by atoms with Crippen molar-refractivity contribution in [3.8, 4) is 11.5 Å². The number of unbranched alkanes of at least 4 members (excludes halogenated alkanes) is 4. The van der Waals surface area contributed by atoms with Crippen LogP contribution in [0.1, 0.15) is 52.4 Å². The molecule has 0 saturated carbocycles. The highest BCUT2D eigenvalue weighted by Gasteiger charge is 2.06. The van der Waals surface area contributed by atoms with Crippen molar-refractivity contribution in [3.63, 3.8) is 0 Å². The van der Waals surface area contributed by atoms with Crippen LogP contribution in [0.5, 0.6) is 11.5 Å². The molecule has 0 amide bonds. The fourth-order valence-electron chi connectivity index (χ4n) is 1.85. The van der Waals surface area contributed by atoms with E-state index in [0.29, 0.717) is 17.7 Å². The van der Waals surface area contributed by atoms with Gasteiger partial charge in [0, 0.05) is 6.07 Å². The van der Waals surface area contributed by atoms with Crippen molar-refractivity contribution in [2.45, 2.75) is 52.4 Å². The molecule has 0 bridgehead atoms. The minimum atomic E-state index is -0.0107. The molecular weight excluding hydrogens is 271 g/mol. The van der Waals surface area contributed by atoms with E-state index in [4.69, 9.17) is 9.47 Å². The lowest BCUT2D eigenvalue weighted by Crippen LogP contribution is -2.06. The summed E-state index contributed by atoms with van der Waals surface area (Å²) in [6.45, 7) is 5.71. The van der Waals surface area contributed by atoms with Gasteiger partial charge in [-0.3, -0.25) is 4.57 Å². The molecule has 3 nitrogen and oxygen atoms in total. The van der Waals surface area contributed by atoms with Crippen LogP contribution in [0, 0.1) is 0 Å². The van der Waals surface area contributed by atoms with Crippen molar-refractivity contribution < 1.29 is 14.0 Å². The van der Waals surface area contributed by atoms with Crippen LogP contribution < -0.4 is 14.8 Å². The Bertz CT molecular complexity index is 393. The summed E-state index contributed by atoms with van der Waals surface area (Å²) >= 11 is 0. The minimum absolute atomic E-state index is 0.0107. The van der Waals surface area contributed by atoms with Crippen LogP contribution in [-0.2, 0) is 4.57 Å². The van der Waals surface area contributed by atoms with Crippen LogP contribution in [0.15, 0.2) is 18.2 Å². The maximum atomic E-state index is 11.1. The average Bonchev–Trinajstić information content (AvgIpc) is 2.48. The average molecular weight is 296 g/mol. The molecular formula is C16H25O3P. The van der Waals surface area contributed by atoms with E-state index in [9.17, 15) is 4.57 Å². The Kier molecular flexibility index (Phi) is 9.06. The summed E-state index contributed by atoms with van der Waals surface area (Å²) in [5.41, 5.74) is 0. The molecule has 0 N–H and O–H groups in total. The van der Waals surface area contributed by atoms with E-state index in [2.05, 4.69) is 13.8 Å². The third kappa shape index (κ3) is 6.38. The summed E-state index contributed by atoms with van der Waals surface area (Å²) in [5.74, 6) is 1.46. The normalized spacial score (nSPS) is 10.7. The van der Waals surface area contributed by atoms with Gasteiger partial charge in [0.25, 0.3) is 0 Å². The zero-order valence-electron chi connectivity index (χ0n) is 12.6. The van der Waals surface area contributed by atoms with Crippen molar-refractivity contribution in [1.82, 2.24) is 0 Å². The number of ether oxygens (including phenoxy) is 2. The van der Waals surface area contributed by atoms with Gasteiger partial charge in [-0.2, -0.15) is 0 Å². The molecule has 1 aromatic carbocycles. The highest BCUT2D eigenvalue weighted by Crippen LogP contribution is 2.21. The van der Waals surface area contributed by atoms with Crippen LogP contribution in [0.3, 0.4) is 0 Å². The second-order valence-electron chi connectivity index (χ2n) is 4.83. The fourth-order valence-corrected chi connectivity index (χ4v) is 2.21. The molecule has 4 heteroatoms. The maximum Gasteiger partial charge on any atom is 0.196 e. The Balaban J connectivity index is 2.53. The van der Waals surface area contributed by atoms with Crippen LogP contribution >= 0.6 is 8.46 Å². The van der Waals surface area contributed by atoms with E-state index in [1.54, 1.807) is 6.07 Å². The van der Waals surface area contributed by atoms with Crippen LogP contribution in [0.25, 0.3) is 0 Å². The van der Waals surface area contributed by atoms with Crippen LogP contribution in [0.2, 0.25) is 0 Å². The SMILES string of the molecule is CCCCCOc1ccc(P=O)c(OCCCCC)c1. The predicted molar refractivity (Wildman–Crippen MR) is 83.7 cm³/mol. The molecule has 112 valence electrons. The first-order chi connectivity index (χ1) is 9.81. The van der Waals surface area contributed by atoms with Crippen molar-refractivity contribution in [2.75, 3.05) is 13.2 Å². The van der Waals surface area contributed by atoms with E-state index < -0.39 is 0 Å². The molecule has 0 aliphatic heterocycles.